The van der Waals surface area contributed by atoms with Crippen LogP contribution in [0.25, 0.3) is 0 Å². The van der Waals surface area contributed by atoms with Crippen molar-refractivity contribution in [3.63, 3.8) is 0 Å². The molecule has 0 aliphatic heterocycles. The summed E-state index contributed by atoms with van der Waals surface area (Å²) in [5, 5.41) is 6.79. The molecule has 0 amide bonds. The first-order valence-electron chi connectivity index (χ1n) is 5.51. The van der Waals surface area contributed by atoms with Crippen molar-refractivity contribution in [1.82, 2.24) is 20.6 Å². The summed E-state index contributed by atoms with van der Waals surface area (Å²) in [5.41, 5.74) is 1.12. The smallest absolute Gasteiger partial charge is 0.115 e. The molecule has 0 aliphatic rings. The Morgan fingerprint density at radius 3 is 2.73 bits per heavy atom. The van der Waals surface area contributed by atoms with Gasteiger partial charge in [-0.25, -0.2) is 9.97 Å². The number of nitrogens with one attached hydrogen (secondary N) is 2. The molecule has 0 saturated heterocycles. The Balaban J connectivity index is 2.14. The second-order valence-electron chi connectivity index (χ2n) is 3.73. The van der Waals surface area contributed by atoms with Gasteiger partial charge in [0, 0.05) is 37.1 Å². The molecular formula is C11H20N4. The lowest BCUT2D eigenvalue weighted by molar-refractivity contribution is 0.500. The standard InChI is InChI=1S/C11H20N4/c1-3-4-12-5-10(2)15-8-11-6-13-9-14-7-11/h6-7,9-10,12,15H,3-5,8H2,1-2H3. The minimum atomic E-state index is 0.469. The van der Waals surface area contributed by atoms with Gasteiger partial charge in [0.1, 0.15) is 6.33 Å². The number of aromatic nitrogens is 2. The summed E-state index contributed by atoms with van der Waals surface area (Å²) in [5.74, 6) is 0. The largest absolute Gasteiger partial charge is 0.315 e. The lowest BCUT2D eigenvalue weighted by Gasteiger charge is -2.13. The zero-order chi connectivity index (χ0) is 10.9. The fraction of sp³-hybridized carbons (Fsp3) is 0.636. The Morgan fingerprint density at radius 1 is 1.33 bits per heavy atom. The maximum Gasteiger partial charge on any atom is 0.115 e. The third kappa shape index (κ3) is 5.44. The summed E-state index contributed by atoms with van der Waals surface area (Å²) in [6.07, 6.45) is 6.41. The van der Waals surface area contributed by atoms with Gasteiger partial charge >= 0.3 is 0 Å². The van der Waals surface area contributed by atoms with E-state index in [1.54, 1.807) is 6.33 Å². The van der Waals surface area contributed by atoms with Crippen molar-refractivity contribution in [1.29, 1.82) is 0 Å². The Kier molecular flexibility index (Phi) is 5.88. The van der Waals surface area contributed by atoms with Crippen molar-refractivity contribution in [2.24, 2.45) is 0 Å². The van der Waals surface area contributed by atoms with E-state index in [1.165, 1.54) is 6.42 Å². The molecule has 1 heterocycles. The molecule has 15 heavy (non-hydrogen) atoms. The van der Waals surface area contributed by atoms with Crippen molar-refractivity contribution >= 4 is 0 Å². The molecule has 1 rings (SSSR count). The summed E-state index contributed by atoms with van der Waals surface area (Å²) in [6, 6.07) is 0.469. The Morgan fingerprint density at radius 2 is 2.07 bits per heavy atom. The zero-order valence-corrected chi connectivity index (χ0v) is 9.53. The summed E-state index contributed by atoms with van der Waals surface area (Å²) in [4.78, 5) is 7.94. The van der Waals surface area contributed by atoms with Crippen LogP contribution in [0.4, 0.5) is 0 Å². The highest BCUT2D eigenvalue weighted by Crippen LogP contribution is 1.92. The van der Waals surface area contributed by atoms with E-state index < -0.39 is 0 Å². The molecule has 1 unspecified atom stereocenters. The molecule has 1 aromatic rings. The quantitative estimate of drug-likeness (QED) is 0.655. The van der Waals surface area contributed by atoms with Crippen LogP contribution in [0.1, 0.15) is 25.8 Å². The van der Waals surface area contributed by atoms with Crippen LogP contribution in [0, 0.1) is 0 Å². The van der Waals surface area contributed by atoms with E-state index in [9.17, 15) is 0 Å². The van der Waals surface area contributed by atoms with Crippen LogP contribution in [0.3, 0.4) is 0 Å². The van der Waals surface area contributed by atoms with Gasteiger partial charge in [0.05, 0.1) is 0 Å². The maximum absolute atomic E-state index is 3.97. The number of rotatable bonds is 7. The normalized spacial score (nSPS) is 12.7. The van der Waals surface area contributed by atoms with Crippen LogP contribution < -0.4 is 10.6 Å². The maximum atomic E-state index is 3.97. The molecule has 0 bridgehead atoms. The highest BCUT2D eigenvalue weighted by Gasteiger charge is 2.00. The molecule has 0 aromatic carbocycles. The second kappa shape index (κ2) is 7.31. The van der Waals surface area contributed by atoms with E-state index >= 15 is 0 Å². The van der Waals surface area contributed by atoms with Gasteiger partial charge in [-0.15, -0.1) is 0 Å². The topological polar surface area (TPSA) is 49.8 Å². The lowest BCUT2D eigenvalue weighted by atomic mass is 10.3. The zero-order valence-electron chi connectivity index (χ0n) is 9.53. The van der Waals surface area contributed by atoms with Crippen LogP contribution >= 0.6 is 0 Å². The summed E-state index contributed by atoms with van der Waals surface area (Å²) < 4.78 is 0. The van der Waals surface area contributed by atoms with E-state index in [0.717, 1.165) is 25.2 Å². The Bertz CT molecular complexity index is 250. The molecular weight excluding hydrogens is 188 g/mol. The highest BCUT2D eigenvalue weighted by atomic mass is 15.0. The van der Waals surface area contributed by atoms with Gasteiger partial charge in [0.15, 0.2) is 0 Å². The molecule has 1 atom stereocenters. The third-order valence-electron chi connectivity index (χ3n) is 2.15. The van der Waals surface area contributed by atoms with Crippen molar-refractivity contribution in [3.05, 3.63) is 24.3 Å². The van der Waals surface area contributed by atoms with E-state index in [4.69, 9.17) is 0 Å². The number of nitrogens with zero attached hydrogens (tertiary/aromatic N) is 2. The summed E-state index contributed by atoms with van der Waals surface area (Å²) in [6.45, 7) is 7.26. The molecule has 4 nitrogen and oxygen atoms in total. The van der Waals surface area contributed by atoms with Crippen molar-refractivity contribution in [2.75, 3.05) is 13.1 Å². The molecule has 2 N–H and O–H groups in total. The van der Waals surface area contributed by atoms with E-state index in [2.05, 4.69) is 34.4 Å². The van der Waals surface area contributed by atoms with Gasteiger partial charge in [-0.2, -0.15) is 0 Å². The van der Waals surface area contributed by atoms with Gasteiger partial charge < -0.3 is 10.6 Å². The predicted molar refractivity (Wildman–Crippen MR) is 61.5 cm³/mol. The average molecular weight is 208 g/mol. The molecule has 0 radical (unpaired) electrons. The van der Waals surface area contributed by atoms with Gasteiger partial charge in [-0.3, -0.25) is 0 Å². The first kappa shape index (κ1) is 12.1. The molecule has 84 valence electrons. The SMILES string of the molecule is CCCNCC(C)NCc1cncnc1. The fourth-order valence-electron chi connectivity index (χ4n) is 1.28. The van der Waals surface area contributed by atoms with Crippen molar-refractivity contribution < 1.29 is 0 Å². The lowest BCUT2D eigenvalue weighted by Crippen LogP contribution is -2.36. The first-order valence-corrected chi connectivity index (χ1v) is 5.51. The minimum absolute atomic E-state index is 0.469. The Hall–Kier alpha value is -1.00. The van der Waals surface area contributed by atoms with E-state index in [1.807, 2.05) is 12.4 Å². The molecule has 0 saturated carbocycles. The van der Waals surface area contributed by atoms with Crippen LogP contribution in [0.5, 0.6) is 0 Å². The first-order chi connectivity index (χ1) is 7.33. The molecule has 4 heteroatoms. The van der Waals surface area contributed by atoms with Crippen molar-refractivity contribution in [3.8, 4) is 0 Å². The number of hydrogen-bond donors (Lipinski definition) is 2. The van der Waals surface area contributed by atoms with Crippen molar-refractivity contribution in [2.45, 2.75) is 32.9 Å². The minimum Gasteiger partial charge on any atom is -0.315 e. The third-order valence-corrected chi connectivity index (χ3v) is 2.15. The molecule has 0 fully saturated rings. The van der Waals surface area contributed by atoms with Crippen LogP contribution in [0.2, 0.25) is 0 Å². The Labute approximate surface area is 91.5 Å². The van der Waals surface area contributed by atoms with Gasteiger partial charge in [-0.1, -0.05) is 6.92 Å². The van der Waals surface area contributed by atoms with E-state index in [-0.39, 0.29) is 0 Å². The van der Waals surface area contributed by atoms with Gasteiger partial charge in [0.2, 0.25) is 0 Å². The van der Waals surface area contributed by atoms with Crippen LogP contribution in [-0.2, 0) is 6.54 Å². The monoisotopic (exact) mass is 208 g/mol. The molecule has 0 aliphatic carbocycles. The number of hydrogen-bond acceptors (Lipinski definition) is 4. The predicted octanol–water partition coefficient (Wildman–Crippen LogP) is 0.954. The van der Waals surface area contributed by atoms with Gasteiger partial charge in [0.25, 0.3) is 0 Å². The highest BCUT2D eigenvalue weighted by molar-refractivity contribution is 5.01. The van der Waals surface area contributed by atoms with Crippen LogP contribution in [0.15, 0.2) is 18.7 Å². The average Bonchev–Trinajstić information content (AvgIpc) is 2.28. The fourth-order valence-corrected chi connectivity index (χ4v) is 1.28. The van der Waals surface area contributed by atoms with Gasteiger partial charge in [-0.05, 0) is 19.9 Å². The van der Waals surface area contributed by atoms with E-state index in [0.29, 0.717) is 6.04 Å². The molecule has 0 spiro atoms. The molecule has 1 aromatic heterocycles. The van der Waals surface area contributed by atoms with Crippen LogP contribution in [-0.4, -0.2) is 29.1 Å². The second-order valence-corrected chi connectivity index (χ2v) is 3.73. The summed E-state index contributed by atoms with van der Waals surface area (Å²) >= 11 is 0. The summed E-state index contributed by atoms with van der Waals surface area (Å²) in [7, 11) is 0.